The number of hydrogen-bond donors (Lipinski definition) is 0. The zero-order valence-corrected chi connectivity index (χ0v) is 13.2. The monoisotopic (exact) mass is 492 g/mol. The van der Waals surface area contributed by atoms with Crippen molar-refractivity contribution >= 4 is 0 Å². The van der Waals surface area contributed by atoms with E-state index < -0.39 is 62.1 Å². The van der Waals surface area contributed by atoms with Crippen LogP contribution in [0.1, 0.15) is 0 Å². The molecule has 0 saturated heterocycles. The minimum Gasteiger partial charge on any atom is -0.585 e. The van der Waals surface area contributed by atoms with E-state index in [1.807, 2.05) is 0 Å². The summed E-state index contributed by atoms with van der Waals surface area (Å²) < 4.78 is 67.2. The third kappa shape index (κ3) is 405. The largest absolute Gasteiger partial charge is 4.00 e. The Hall–Kier alpha value is 2.31. The van der Waals surface area contributed by atoms with E-state index in [1.54, 1.807) is 0 Å². The van der Waals surface area contributed by atoms with E-state index in [-0.39, 0.29) is 21.7 Å². The van der Waals surface area contributed by atoms with Gasteiger partial charge in [0.2, 0.25) is 0 Å². The Morgan fingerprint density at radius 2 is 0.385 bits per heavy atom. The third-order valence-corrected chi connectivity index (χ3v) is 0. The summed E-state index contributed by atoms with van der Waals surface area (Å²) in [4.78, 5) is 0. The van der Waals surface area contributed by atoms with E-state index in [0.717, 1.165) is 0 Å². The van der Waals surface area contributed by atoms with Gasteiger partial charge in [-0.05, 0) is 0 Å². The third-order valence-electron chi connectivity index (χ3n) is 0. The van der Waals surface area contributed by atoms with Gasteiger partial charge in [0.15, 0.2) is 62.1 Å². The topological polar surface area (TPSA) is 184 Å². The predicted octanol–water partition coefficient (Wildman–Crippen LogP) is -9.51. The Bertz CT molecular complexity index is 24.1. The maximum Gasteiger partial charge on any atom is 4.00 e. The zero-order valence-electron chi connectivity index (χ0n) is 5.28. The Morgan fingerprint density at radius 1 is 0.385 bits per heavy atom. The summed E-state index contributed by atoms with van der Waals surface area (Å²) in [5.41, 5.74) is 0. The maximum atomic E-state index is 8.41. The van der Waals surface area contributed by atoms with Crippen LogP contribution in [0.25, 0.3) is 0 Å². The first-order valence-electron chi connectivity index (χ1n) is 1.23. The van der Waals surface area contributed by atoms with Crippen LogP contribution in [0, 0.1) is 62.1 Å². The van der Waals surface area contributed by atoms with Crippen LogP contribution >= 0.6 is 0 Å². The van der Waals surface area contributed by atoms with Gasteiger partial charge in [-0.2, -0.15) is 0 Å². The SMILES string of the molecule is [O-][Br+][O-].[O-][Br+][O-].[O-][Br+][O-].[O-][Br+][O-].[Ti+4]. The van der Waals surface area contributed by atoms with Crippen LogP contribution in [0.2, 0.25) is 0 Å². The van der Waals surface area contributed by atoms with E-state index in [0.29, 0.717) is 0 Å². The molecule has 0 aliphatic rings. The molecule has 0 aromatic heterocycles. The van der Waals surface area contributed by atoms with E-state index in [9.17, 15) is 0 Å². The van der Waals surface area contributed by atoms with Crippen LogP contribution in [0.3, 0.4) is 0 Å². The van der Waals surface area contributed by atoms with Gasteiger partial charge in [-0.15, -0.1) is 0 Å². The van der Waals surface area contributed by atoms with Gasteiger partial charge >= 0.3 is 21.7 Å². The van der Waals surface area contributed by atoms with E-state index in [1.165, 1.54) is 0 Å². The molecule has 13 heavy (non-hydrogen) atoms. The van der Waals surface area contributed by atoms with Gasteiger partial charge in [0.25, 0.3) is 0 Å². The molecule has 0 N–H and O–H groups in total. The van der Waals surface area contributed by atoms with Gasteiger partial charge < -0.3 is 33.6 Å². The van der Waals surface area contributed by atoms with Crippen LogP contribution in [0.5, 0.6) is 0 Å². The summed E-state index contributed by atoms with van der Waals surface area (Å²) in [6.07, 6.45) is 0. The maximum absolute atomic E-state index is 8.41. The summed E-state index contributed by atoms with van der Waals surface area (Å²) in [6.45, 7) is 0. The molecule has 13 heteroatoms. The number of halogens is 4. The van der Waals surface area contributed by atoms with Gasteiger partial charge in [0, 0.05) is 0 Å². The first-order valence-corrected chi connectivity index (χ1v) is 6.41. The summed E-state index contributed by atoms with van der Waals surface area (Å²) >= 11 is -5.75. The molecule has 0 amide bonds. The summed E-state index contributed by atoms with van der Waals surface area (Å²) in [6, 6.07) is 0. The molecule has 0 spiro atoms. The van der Waals surface area contributed by atoms with Gasteiger partial charge in [-0.3, -0.25) is 0 Å². The number of hydrogen-bond acceptors (Lipinski definition) is 8. The quantitative estimate of drug-likeness (QED) is 0.297. The summed E-state index contributed by atoms with van der Waals surface area (Å²) in [7, 11) is 0. The van der Waals surface area contributed by atoms with Crippen LogP contribution < -0.4 is 33.6 Å². The normalized spacial score (nSPS) is 5.54. The van der Waals surface area contributed by atoms with Gasteiger partial charge in [-0.1, -0.05) is 0 Å². The predicted molar refractivity (Wildman–Crippen MR) is 0 cm³/mol. The molecule has 0 bridgehead atoms. The van der Waals surface area contributed by atoms with Crippen LogP contribution in [0.15, 0.2) is 0 Å². The summed E-state index contributed by atoms with van der Waals surface area (Å²) in [5.74, 6) is 0. The second-order valence-corrected chi connectivity index (χ2v) is 1.31. The average Bonchev–Trinajstić information content (AvgIpc) is 1.92. The van der Waals surface area contributed by atoms with E-state index in [2.05, 4.69) is 0 Å². The molecule has 0 rings (SSSR count). The number of rotatable bonds is 0. The fourth-order valence-corrected chi connectivity index (χ4v) is 0. The van der Waals surface area contributed by atoms with E-state index in [4.69, 9.17) is 33.6 Å². The fourth-order valence-electron chi connectivity index (χ4n) is 0. The van der Waals surface area contributed by atoms with Gasteiger partial charge in [0.05, 0.1) is 0 Å². The van der Waals surface area contributed by atoms with Crippen molar-refractivity contribution in [3.63, 3.8) is 0 Å². The van der Waals surface area contributed by atoms with Gasteiger partial charge in [-0.25, -0.2) is 0 Å². The molecule has 0 aliphatic carbocycles. The van der Waals surface area contributed by atoms with Crippen molar-refractivity contribution < 1.29 is 117 Å². The fraction of sp³-hybridized carbons (Fsp3) is 0. The van der Waals surface area contributed by atoms with Crippen molar-refractivity contribution in [2.45, 2.75) is 0 Å². The summed E-state index contributed by atoms with van der Waals surface area (Å²) in [5, 5.41) is 0. The Kier molecular flexibility index (Phi) is 144. The van der Waals surface area contributed by atoms with Crippen molar-refractivity contribution in [1.82, 2.24) is 0 Å². The Balaban J connectivity index is -0.0000000213. The second-order valence-electron chi connectivity index (χ2n) is 0.252. The Morgan fingerprint density at radius 3 is 0.385 bits per heavy atom. The van der Waals surface area contributed by atoms with Crippen LogP contribution in [-0.2, 0) is 21.7 Å². The van der Waals surface area contributed by atoms with Crippen molar-refractivity contribution in [2.75, 3.05) is 0 Å². The second kappa shape index (κ2) is 63.6. The molecule has 0 aliphatic heterocycles. The van der Waals surface area contributed by atoms with Crippen LogP contribution in [-0.4, -0.2) is 0 Å². The molecule has 8 nitrogen and oxygen atoms in total. The van der Waals surface area contributed by atoms with Crippen molar-refractivity contribution in [1.29, 1.82) is 0 Å². The standard InChI is InChI=1S/4BrO2.Ti/c4*2-1-3;/q4*-1;+4. The van der Waals surface area contributed by atoms with Crippen molar-refractivity contribution in [3.8, 4) is 0 Å². The molecule has 0 fully saturated rings. The molecule has 0 heterocycles. The van der Waals surface area contributed by atoms with Crippen molar-refractivity contribution in [3.05, 3.63) is 0 Å². The average molecular weight is 495 g/mol. The Labute approximate surface area is 116 Å². The minimum atomic E-state index is -1.44. The first-order chi connectivity index (χ1) is 5.66. The zero-order chi connectivity index (χ0) is 10.8. The molecular weight excluding hydrogens is 495 g/mol. The smallest absolute Gasteiger partial charge is 0.585 e. The first kappa shape index (κ1) is 29.5. The molecule has 0 saturated carbocycles. The molecule has 0 atom stereocenters. The molecule has 80 valence electrons. The van der Waals surface area contributed by atoms with Crippen molar-refractivity contribution in [2.24, 2.45) is 0 Å². The molecular formula is Br4O8Ti. The molecule has 0 aromatic rings. The molecule has 0 unspecified atom stereocenters. The molecule has 0 aromatic carbocycles. The van der Waals surface area contributed by atoms with Gasteiger partial charge in [0.1, 0.15) is 0 Å². The van der Waals surface area contributed by atoms with Crippen LogP contribution in [0.4, 0.5) is 0 Å². The minimum absolute atomic E-state index is 0. The van der Waals surface area contributed by atoms with E-state index >= 15 is 0 Å². The molecule has 0 radical (unpaired) electrons.